The van der Waals surface area contributed by atoms with Gasteiger partial charge in [-0.15, -0.1) is 11.3 Å². The number of amides is 1. The van der Waals surface area contributed by atoms with Crippen molar-refractivity contribution in [2.24, 2.45) is 0 Å². The van der Waals surface area contributed by atoms with E-state index in [1.54, 1.807) is 25.1 Å². The first-order valence-electron chi connectivity index (χ1n) is 9.21. The van der Waals surface area contributed by atoms with Crippen molar-refractivity contribution in [1.82, 2.24) is 4.57 Å². The number of hydrogen-bond donors (Lipinski definition) is 1. The molecule has 0 aliphatic heterocycles. The van der Waals surface area contributed by atoms with Gasteiger partial charge in [-0.05, 0) is 38.0 Å². The number of carbonyl (C=O) groups is 2. The third kappa shape index (κ3) is 4.33. The number of carbonyl (C=O) groups excluding carboxylic acids is 2. The van der Waals surface area contributed by atoms with Gasteiger partial charge in [-0.3, -0.25) is 9.36 Å². The molecule has 3 aromatic rings. The Kier molecular flexibility index (Phi) is 6.30. The molecule has 0 saturated carbocycles. The average Bonchev–Trinajstić information content (AvgIpc) is 3.22. The van der Waals surface area contributed by atoms with Crippen LogP contribution in [0.15, 0.2) is 39.5 Å². The van der Waals surface area contributed by atoms with Crippen LogP contribution in [0.25, 0.3) is 11.1 Å². The van der Waals surface area contributed by atoms with Crippen LogP contribution in [0.3, 0.4) is 0 Å². The first-order chi connectivity index (χ1) is 13.5. The van der Waals surface area contributed by atoms with E-state index in [2.05, 4.69) is 5.32 Å². The minimum absolute atomic E-state index is 0.212. The highest BCUT2D eigenvalue weighted by atomic mass is 32.1. The molecule has 3 rings (SSSR count). The summed E-state index contributed by atoms with van der Waals surface area (Å²) in [7, 11) is 0. The van der Waals surface area contributed by atoms with Crippen LogP contribution in [0, 0.1) is 0 Å². The van der Waals surface area contributed by atoms with Crippen LogP contribution in [0.4, 0.5) is 5.00 Å². The van der Waals surface area contributed by atoms with Gasteiger partial charge >= 0.3 is 11.7 Å². The minimum atomic E-state index is -0.440. The SMILES string of the molecule is CCOC(=O)c1cc(CC)sc1NC(=O)CCCn1c(=O)oc2ccccc21. The Morgan fingerprint density at radius 2 is 2.04 bits per heavy atom. The van der Waals surface area contributed by atoms with Crippen molar-refractivity contribution in [3.8, 4) is 0 Å². The number of nitrogens with one attached hydrogen (secondary N) is 1. The number of para-hydroxylation sites is 2. The highest BCUT2D eigenvalue weighted by Crippen LogP contribution is 2.29. The van der Waals surface area contributed by atoms with E-state index in [0.717, 1.165) is 11.3 Å². The average molecular weight is 402 g/mol. The predicted molar refractivity (Wildman–Crippen MR) is 108 cm³/mol. The Morgan fingerprint density at radius 1 is 1.25 bits per heavy atom. The van der Waals surface area contributed by atoms with E-state index in [9.17, 15) is 14.4 Å². The lowest BCUT2D eigenvalue weighted by atomic mass is 10.2. The van der Waals surface area contributed by atoms with Gasteiger partial charge in [0.25, 0.3) is 0 Å². The number of fused-ring (bicyclic) bond motifs is 1. The molecule has 0 aliphatic rings. The Balaban J connectivity index is 1.63. The van der Waals surface area contributed by atoms with E-state index >= 15 is 0 Å². The Labute approximate surface area is 165 Å². The molecule has 2 aromatic heterocycles. The zero-order valence-corrected chi connectivity index (χ0v) is 16.6. The summed E-state index contributed by atoms with van der Waals surface area (Å²) in [4.78, 5) is 37.4. The lowest BCUT2D eigenvalue weighted by molar-refractivity contribution is -0.116. The molecule has 2 heterocycles. The summed E-state index contributed by atoms with van der Waals surface area (Å²) in [6, 6.07) is 8.94. The summed E-state index contributed by atoms with van der Waals surface area (Å²) in [5.41, 5.74) is 1.62. The van der Waals surface area contributed by atoms with Gasteiger partial charge < -0.3 is 14.5 Å². The third-order valence-corrected chi connectivity index (χ3v) is 5.43. The van der Waals surface area contributed by atoms with Crippen LogP contribution in [0.2, 0.25) is 0 Å². The molecule has 0 aliphatic carbocycles. The molecule has 0 bridgehead atoms. The molecule has 1 N–H and O–H groups in total. The van der Waals surface area contributed by atoms with E-state index < -0.39 is 11.7 Å². The van der Waals surface area contributed by atoms with Gasteiger partial charge in [0.15, 0.2) is 5.58 Å². The fraction of sp³-hybridized carbons (Fsp3) is 0.350. The van der Waals surface area contributed by atoms with Crippen LogP contribution in [-0.2, 0) is 22.5 Å². The van der Waals surface area contributed by atoms with Gasteiger partial charge in [0.05, 0.1) is 17.7 Å². The quantitative estimate of drug-likeness (QED) is 0.579. The second-order valence-electron chi connectivity index (χ2n) is 6.17. The lowest BCUT2D eigenvalue weighted by Crippen LogP contribution is -2.17. The van der Waals surface area contributed by atoms with E-state index in [0.29, 0.717) is 34.6 Å². The normalized spacial score (nSPS) is 10.9. The molecule has 0 fully saturated rings. The topological polar surface area (TPSA) is 90.5 Å². The number of hydrogen-bond acceptors (Lipinski definition) is 6. The van der Waals surface area contributed by atoms with E-state index in [4.69, 9.17) is 9.15 Å². The molecule has 1 amide bonds. The maximum Gasteiger partial charge on any atom is 0.419 e. The first-order valence-corrected chi connectivity index (χ1v) is 10.0. The zero-order valence-electron chi connectivity index (χ0n) is 15.8. The molecule has 1 aromatic carbocycles. The maximum absolute atomic E-state index is 12.4. The van der Waals surface area contributed by atoms with E-state index in [1.165, 1.54) is 15.9 Å². The monoisotopic (exact) mass is 402 g/mol. The Bertz CT molecular complexity index is 1050. The molecule has 28 heavy (non-hydrogen) atoms. The smallest absolute Gasteiger partial charge is 0.419 e. The summed E-state index contributed by atoms with van der Waals surface area (Å²) < 4.78 is 11.8. The predicted octanol–water partition coefficient (Wildman–Crippen LogP) is 3.81. The van der Waals surface area contributed by atoms with Crippen molar-refractivity contribution >= 4 is 39.3 Å². The van der Waals surface area contributed by atoms with Crippen LogP contribution in [0.5, 0.6) is 0 Å². The summed E-state index contributed by atoms with van der Waals surface area (Å²) in [6.07, 6.45) is 1.45. The first kappa shape index (κ1) is 19.9. The van der Waals surface area contributed by atoms with Gasteiger partial charge in [0.2, 0.25) is 5.91 Å². The van der Waals surface area contributed by atoms with Crippen molar-refractivity contribution < 1.29 is 18.7 Å². The van der Waals surface area contributed by atoms with Crippen molar-refractivity contribution in [2.45, 2.75) is 39.7 Å². The van der Waals surface area contributed by atoms with E-state index in [-0.39, 0.29) is 18.9 Å². The van der Waals surface area contributed by atoms with Gasteiger partial charge in [-0.25, -0.2) is 9.59 Å². The van der Waals surface area contributed by atoms with Crippen molar-refractivity contribution in [2.75, 3.05) is 11.9 Å². The minimum Gasteiger partial charge on any atom is -0.462 e. The number of aromatic nitrogens is 1. The summed E-state index contributed by atoms with van der Waals surface area (Å²) >= 11 is 1.37. The van der Waals surface area contributed by atoms with Crippen molar-refractivity contribution in [3.63, 3.8) is 0 Å². The number of ether oxygens (including phenoxy) is 1. The molecule has 7 nitrogen and oxygen atoms in total. The summed E-state index contributed by atoms with van der Waals surface area (Å²) in [6.45, 7) is 4.37. The maximum atomic E-state index is 12.4. The number of nitrogens with zero attached hydrogens (tertiary/aromatic N) is 1. The molecule has 0 radical (unpaired) electrons. The van der Waals surface area contributed by atoms with Gasteiger partial charge in [-0.1, -0.05) is 19.1 Å². The second-order valence-corrected chi connectivity index (χ2v) is 7.31. The molecule has 148 valence electrons. The van der Waals surface area contributed by atoms with Gasteiger partial charge in [0.1, 0.15) is 5.00 Å². The second kappa shape index (κ2) is 8.88. The number of anilines is 1. The van der Waals surface area contributed by atoms with E-state index in [1.807, 2.05) is 19.1 Å². The molecular formula is C20H22N2O5S. The van der Waals surface area contributed by atoms with Gasteiger partial charge in [-0.2, -0.15) is 0 Å². The molecule has 8 heteroatoms. The zero-order chi connectivity index (χ0) is 20.1. The molecular weight excluding hydrogens is 380 g/mol. The van der Waals surface area contributed by atoms with Crippen molar-refractivity contribution in [1.29, 1.82) is 0 Å². The van der Waals surface area contributed by atoms with Crippen LogP contribution in [-0.4, -0.2) is 23.1 Å². The largest absolute Gasteiger partial charge is 0.462 e. The number of benzene rings is 1. The standard InChI is InChI=1S/C20H22N2O5S/c1-3-13-12-14(19(24)26-4-2)18(28-13)21-17(23)10-7-11-22-15-8-5-6-9-16(15)27-20(22)25/h5-6,8-9,12H,3-4,7,10-11H2,1-2H3,(H,21,23). The highest BCUT2D eigenvalue weighted by Gasteiger charge is 2.18. The Hall–Kier alpha value is -2.87. The third-order valence-electron chi connectivity index (χ3n) is 4.24. The molecule has 0 atom stereocenters. The van der Waals surface area contributed by atoms with Gasteiger partial charge in [0, 0.05) is 17.8 Å². The number of thiophene rings is 1. The molecule has 0 unspecified atom stereocenters. The highest BCUT2D eigenvalue weighted by molar-refractivity contribution is 7.16. The molecule has 0 saturated heterocycles. The van der Waals surface area contributed by atoms with Crippen LogP contribution in [0.1, 0.15) is 41.9 Å². The fourth-order valence-corrected chi connectivity index (χ4v) is 3.88. The number of esters is 1. The fourth-order valence-electron chi connectivity index (χ4n) is 2.88. The lowest BCUT2D eigenvalue weighted by Gasteiger charge is -2.06. The Morgan fingerprint density at radius 3 is 2.79 bits per heavy atom. The summed E-state index contributed by atoms with van der Waals surface area (Å²) in [5, 5.41) is 3.31. The van der Waals surface area contributed by atoms with Crippen LogP contribution < -0.4 is 11.1 Å². The molecule has 0 spiro atoms. The summed E-state index contributed by atoms with van der Waals surface area (Å²) in [5.74, 6) is -1.09. The van der Waals surface area contributed by atoms with Crippen molar-refractivity contribution in [3.05, 3.63) is 51.3 Å². The number of oxazole rings is 1. The van der Waals surface area contributed by atoms with Crippen LogP contribution >= 0.6 is 11.3 Å². The number of rotatable bonds is 8. The number of aryl methyl sites for hydroxylation is 2.